The Balaban J connectivity index is 1.27. The van der Waals surface area contributed by atoms with E-state index >= 15 is 0 Å². The van der Waals surface area contributed by atoms with Crippen LogP contribution in [0.15, 0.2) is 200 Å². The van der Waals surface area contributed by atoms with E-state index in [2.05, 4.69) is 224 Å². The molecule has 7 aromatic carbocycles. The second-order valence-electron chi connectivity index (χ2n) is 14.5. The predicted molar refractivity (Wildman–Crippen MR) is 225 cm³/mol. The summed E-state index contributed by atoms with van der Waals surface area (Å²) in [6.45, 7) is 4.77. The number of fused-ring (bicyclic) bond motifs is 3. The Labute approximate surface area is 313 Å². The summed E-state index contributed by atoms with van der Waals surface area (Å²) in [5.74, 6) is 0. The van der Waals surface area contributed by atoms with Crippen molar-refractivity contribution in [2.75, 3.05) is 9.80 Å². The number of hydrogen-bond acceptors (Lipinski definition) is 2. The molecule has 1 unspecified atom stereocenters. The predicted octanol–water partition coefficient (Wildman–Crippen LogP) is 13.8. The van der Waals surface area contributed by atoms with Crippen molar-refractivity contribution < 1.29 is 0 Å². The van der Waals surface area contributed by atoms with E-state index in [0.29, 0.717) is 0 Å². The summed E-state index contributed by atoms with van der Waals surface area (Å²) in [5, 5.41) is 0. The van der Waals surface area contributed by atoms with E-state index in [9.17, 15) is 0 Å². The molecule has 1 atom stereocenters. The minimum atomic E-state index is -0.193. The van der Waals surface area contributed by atoms with Gasteiger partial charge in [-0.1, -0.05) is 166 Å². The molecule has 0 saturated carbocycles. The molecular weight excluding hydrogens is 641 g/mol. The van der Waals surface area contributed by atoms with E-state index in [1.807, 2.05) is 0 Å². The third-order valence-electron chi connectivity index (χ3n) is 11.0. The van der Waals surface area contributed by atoms with Crippen LogP contribution >= 0.6 is 0 Å². The van der Waals surface area contributed by atoms with Gasteiger partial charge in [0.1, 0.15) is 0 Å². The highest BCUT2D eigenvalue weighted by Crippen LogP contribution is 2.56. The van der Waals surface area contributed by atoms with Crippen LogP contribution in [-0.2, 0) is 5.41 Å². The Hall–Kier alpha value is -6.38. The molecule has 0 saturated heterocycles. The van der Waals surface area contributed by atoms with Crippen molar-refractivity contribution in [2.45, 2.75) is 31.7 Å². The second kappa shape index (κ2) is 13.6. The van der Waals surface area contributed by atoms with Gasteiger partial charge >= 0.3 is 0 Å². The zero-order valence-electron chi connectivity index (χ0n) is 30.2. The molecule has 2 heteroatoms. The largest absolute Gasteiger partial charge is 0.334 e. The van der Waals surface area contributed by atoms with E-state index in [-0.39, 0.29) is 11.5 Å². The molecule has 0 radical (unpaired) electrons. The summed E-state index contributed by atoms with van der Waals surface area (Å²) in [4.78, 5) is 5.00. The lowest BCUT2D eigenvalue weighted by atomic mass is 9.82. The Kier molecular flexibility index (Phi) is 8.37. The van der Waals surface area contributed by atoms with Gasteiger partial charge in [0.05, 0.1) is 11.7 Å². The van der Waals surface area contributed by atoms with Crippen LogP contribution in [0.4, 0.5) is 28.4 Å². The van der Waals surface area contributed by atoms with Gasteiger partial charge in [0.2, 0.25) is 0 Å². The van der Waals surface area contributed by atoms with Gasteiger partial charge in [-0.05, 0) is 93.9 Å². The van der Waals surface area contributed by atoms with Gasteiger partial charge < -0.3 is 9.80 Å². The first-order chi connectivity index (χ1) is 26.1. The summed E-state index contributed by atoms with van der Waals surface area (Å²) >= 11 is 0. The fraction of sp³-hybridized carbons (Fsp3) is 0.0980. The molecule has 0 N–H and O–H groups in total. The van der Waals surface area contributed by atoms with Crippen molar-refractivity contribution in [1.29, 1.82) is 0 Å². The first kappa shape index (κ1) is 32.5. The summed E-state index contributed by atoms with van der Waals surface area (Å²) < 4.78 is 0. The molecule has 2 aliphatic carbocycles. The van der Waals surface area contributed by atoms with Gasteiger partial charge in [-0.2, -0.15) is 0 Å². The van der Waals surface area contributed by atoms with Crippen molar-refractivity contribution >= 4 is 28.4 Å². The number of allylic oxidation sites excluding steroid dienone is 2. The van der Waals surface area contributed by atoms with Crippen molar-refractivity contribution in [3.63, 3.8) is 0 Å². The van der Waals surface area contributed by atoms with Crippen molar-refractivity contribution in [3.05, 3.63) is 211 Å². The Bertz CT molecular complexity index is 2420. The Morgan fingerprint density at radius 2 is 1.00 bits per heavy atom. The lowest BCUT2D eigenvalue weighted by molar-refractivity contribution is 0.660. The average molecular weight is 683 g/mol. The highest BCUT2D eigenvalue weighted by atomic mass is 15.2. The Morgan fingerprint density at radius 3 is 1.60 bits per heavy atom. The lowest BCUT2D eigenvalue weighted by Gasteiger charge is -2.36. The van der Waals surface area contributed by atoms with Crippen LogP contribution in [0.2, 0.25) is 0 Å². The zero-order valence-corrected chi connectivity index (χ0v) is 30.2. The topological polar surface area (TPSA) is 6.48 Å². The lowest BCUT2D eigenvalue weighted by Crippen LogP contribution is -2.30. The summed E-state index contributed by atoms with van der Waals surface area (Å²) in [5.41, 5.74) is 15.8. The maximum absolute atomic E-state index is 2.58. The van der Waals surface area contributed by atoms with Crippen molar-refractivity contribution in [3.8, 4) is 33.4 Å². The van der Waals surface area contributed by atoms with E-state index in [1.165, 1.54) is 55.9 Å². The molecule has 0 spiro atoms. The fourth-order valence-electron chi connectivity index (χ4n) is 8.27. The maximum Gasteiger partial charge on any atom is 0.0560 e. The van der Waals surface area contributed by atoms with Crippen LogP contribution < -0.4 is 9.80 Å². The average Bonchev–Trinajstić information content (AvgIpc) is 3.46. The standard InChI is InChI=1S/C51H42N2/c1-51(2)47-26-16-15-25-46(47)50-48(51)35-45(52(41-21-11-5-12-22-41)43-31-27-39(28-32-43)37-17-7-3-8-18-37)36-49(50)53(42-23-13-6-14-24-42)44-33-29-40(30-34-44)38-19-9-4-10-20-38/h3-23,25-36,42H,24H2,1-2H3. The van der Waals surface area contributed by atoms with Crippen molar-refractivity contribution in [2.24, 2.45) is 0 Å². The maximum atomic E-state index is 2.58. The SMILES string of the molecule is CC1(C)c2ccccc2-c2c(N(c3ccc(-c4ccccc4)cc3)C3C=CC=CC3)cc(N(c3ccccc3)c3ccc(-c4ccccc4)cc3)cc21. The van der Waals surface area contributed by atoms with Gasteiger partial charge in [0.25, 0.3) is 0 Å². The first-order valence-electron chi connectivity index (χ1n) is 18.6. The smallest absolute Gasteiger partial charge is 0.0560 e. The molecule has 9 rings (SSSR count). The highest BCUT2D eigenvalue weighted by Gasteiger charge is 2.39. The van der Waals surface area contributed by atoms with Crippen LogP contribution in [0, 0.1) is 0 Å². The molecule has 0 amide bonds. The minimum absolute atomic E-state index is 0.146. The molecule has 0 heterocycles. The first-order valence-corrected chi connectivity index (χ1v) is 18.6. The number of para-hydroxylation sites is 1. The second-order valence-corrected chi connectivity index (χ2v) is 14.5. The molecule has 0 bridgehead atoms. The van der Waals surface area contributed by atoms with Gasteiger partial charge in [-0.3, -0.25) is 0 Å². The van der Waals surface area contributed by atoms with Crippen LogP contribution in [-0.4, -0.2) is 6.04 Å². The monoisotopic (exact) mass is 682 g/mol. The number of benzene rings is 7. The van der Waals surface area contributed by atoms with Crippen LogP contribution in [0.1, 0.15) is 31.4 Å². The number of rotatable bonds is 8. The summed E-state index contributed by atoms with van der Waals surface area (Å²) in [6.07, 6.45) is 9.94. The van der Waals surface area contributed by atoms with Gasteiger partial charge in [0, 0.05) is 33.7 Å². The van der Waals surface area contributed by atoms with Gasteiger partial charge in [-0.25, -0.2) is 0 Å². The molecule has 53 heavy (non-hydrogen) atoms. The Morgan fingerprint density at radius 1 is 0.472 bits per heavy atom. The number of anilines is 5. The highest BCUT2D eigenvalue weighted by molar-refractivity contribution is 5.96. The molecule has 0 aliphatic heterocycles. The van der Waals surface area contributed by atoms with Crippen molar-refractivity contribution in [1.82, 2.24) is 0 Å². The van der Waals surface area contributed by atoms with Crippen LogP contribution in [0.5, 0.6) is 0 Å². The third-order valence-corrected chi connectivity index (χ3v) is 11.0. The summed E-state index contributed by atoms with van der Waals surface area (Å²) in [6, 6.07) is 64.3. The normalized spacial score (nSPS) is 15.1. The zero-order chi connectivity index (χ0) is 35.8. The third kappa shape index (κ3) is 5.97. The summed E-state index contributed by atoms with van der Waals surface area (Å²) in [7, 11) is 0. The van der Waals surface area contributed by atoms with Crippen LogP contribution in [0.25, 0.3) is 33.4 Å². The quantitative estimate of drug-likeness (QED) is 0.157. The molecule has 2 aliphatic rings. The molecular formula is C51H42N2. The van der Waals surface area contributed by atoms with Gasteiger partial charge in [0.15, 0.2) is 0 Å². The van der Waals surface area contributed by atoms with E-state index < -0.39 is 0 Å². The van der Waals surface area contributed by atoms with Gasteiger partial charge in [-0.15, -0.1) is 0 Å². The van der Waals surface area contributed by atoms with E-state index in [4.69, 9.17) is 0 Å². The molecule has 0 aromatic heterocycles. The van der Waals surface area contributed by atoms with E-state index in [0.717, 1.165) is 23.5 Å². The molecule has 0 fully saturated rings. The molecule has 256 valence electrons. The number of hydrogen-bond donors (Lipinski definition) is 0. The fourth-order valence-corrected chi connectivity index (χ4v) is 8.27. The minimum Gasteiger partial charge on any atom is -0.334 e. The molecule has 2 nitrogen and oxygen atoms in total. The number of nitrogens with zero attached hydrogens (tertiary/aromatic N) is 2. The molecule has 7 aromatic rings. The van der Waals surface area contributed by atoms with E-state index in [1.54, 1.807) is 0 Å². The van der Waals surface area contributed by atoms with Crippen LogP contribution in [0.3, 0.4) is 0 Å².